The zero-order valence-electron chi connectivity index (χ0n) is 11.5. The number of aromatic nitrogens is 2. The number of unbranched alkanes of at least 4 members (excludes halogenated alkanes) is 1. The van der Waals surface area contributed by atoms with Crippen LogP contribution < -0.4 is 4.57 Å². The quantitative estimate of drug-likeness (QED) is 0.728. The molecule has 2 aromatic rings. The van der Waals surface area contributed by atoms with E-state index in [0.717, 1.165) is 10.9 Å². The molecule has 1 unspecified atom stereocenters. The van der Waals surface area contributed by atoms with Gasteiger partial charge in [0.2, 0.25) is 6.33 Å². The first-order valence-corrected chi connectivity index (χ1v) is 7.87. The van der Waals surface area contributed by atoms with E-state index in [0.29, 0.717) is 6.04 Å². The van der Waals surface area contributed by atoms with E-state index in [4.69, 9.17) is 0 Å². The highest BCUT2D eigenvalue weighted by Gasteiger charge is 2.14. The Hall–Kier alpha value is -1.09. The average molecular weight is 322 g/mol. The summed E-state index contributed by atoms with van der Waals surface area (Å²) in [7, 11) is 0. The molecule has 2 nitrogen and oxygen atoms in total. The molecule has 0 aliphatic heterocycles. The molecule has 1 heterocycles. The Balaban J connectivity index is 1.94. The van der Waals surface area contributed by atoms with Gasteiger partial charge in [0, 0.05) is 4.47 Å². The van der Waals surface area contributed by atoms with Crippen LogP contribution in [0.1, 0.15) is 44.2 Å². The van der Waals surface area contributed by atoms with Crippen molar-refractivity contribution < 1.29 is 4.57 Å². The minimum Gasteiger partial charge on any atom is -0.250 e. The van der Waals surface area contributed by atoms with Crippen molar-refractivity contribution in [3.8, 4) is 0 Å². The van der Waals surface area contributed by atoms with Gasteiger partial charge in [-0.05, 0) is 43.4 Å². The lowest BCUT2D eigenvalue weighted by Gasteiger charge is -2.13. The third kappa shape index (κ3) is 4.50. The van der Waals surface area contributed by atoms with Gasteiger partial charge in [0.15, 0.2) is 0 Å². The number of H-pyrrole nitrogens is 1. The zero-order chi connectivity index (χ0) is 13.5. The second-order valence-corrected chi connectivity index (χ2v) is 5.94. The van der Waals surface area contributed by atoms with Gasteiger partial charge in [0.1, 0.15) is 18.4 Å². The van der Waals surface area contributed by atoms with Crippen LogP contribution in [0, 0.1) is 0 Å². The molecule has 1 N–H and O–H groups in total. The number of nitrogens with zero attached hydrogens (tertiary/aromatic N) is 1. The fourth-order valence-electron chi connectivity index (χ4n) is 2.39. The number of benzene rings is 1. The molecule has 3 heteroatoms. The number of hydrogen-bond acceptors (Lipinski definition) is 0. The van der Waals surface area contributed by atoms with Gasteiger partial charge in [-0.15, -0.1) is 0 Å². The van der Waals surface area contributed by atoms with Crippen molar-refractivity contribution in [1.82, 2.24) is 4.98 Å². The van der Waals surface area contributed by atoms with Crippen LogP contribution in [0.5, 0.6) is 0 Å². The summed E-state index contributed by atoms with van der Waals surface area (Å²) in [5, 5.41) is 0. The Morgan fingerprint density at radius 1 is 1.21 bits per heavy atom. The van der Waals surface area contributed by atoms with Gasteiger partial charge in [-0.1, -0.05) is 41.4 Å². The van der Waals surface area contributed by atoms with Gasteiger partial charge in [0.25, 0.3) is 0 Å². The summed E-state index contributed by atoms with van der Waals surface area (Å²) in [5.74, 6) is 0. The smallest absolute Gasteiger partial charge is 0.241 e. The Morgan fingerprint density at radius 2 is 2.00 bits per heavy atom. The second kappa shape index (κ2) is 7.49. The molecule has 1 atom stereocenters. The molecular formula is C16H22BrN2+. The topological polar surface area (TPSA) is 19.7 Å². The normalized spacial score (nSPS) is 12.5. The van der Waals surface area contributed by atoms with Crippen molar-refractivity contribution in [2.75, 3.05) is 0 Å². The fourth-order valence-corrected chi connectivity index (χ4v) is 2.66. The summed E-state index contributed by atoms with van der Waals surface area (Å²) >= 11 is 3.48. The number of rotatable bonds is 7. The molecule has 0 bridgehead atoms. The highest BCUT2D eigenvalue weighted by Crippen LogP contribution is 2.18. The largest absolute Gasteiger partial charge is 0.250 e. The van der Waals surface area contributed by atoms with Crippen LogP contribution in [0.15, 0.2) is 47.5 Å². The molecule has 0 radical (unpaired) electrons. The first-order valence-electron chi connectivity index (χ1n) is 7.07. The van der Waals surface area contributed by atoms with E-state index < -0.39 is 0 Å². The molecule has 19 heavy (non-hydrogen) atoms. The maximum absolute atomic E-state index is 3.48. The van der Waals surface area contributed by atoms with Crippen LogP contribution in [0.3, 0.4) is 0 Å². The molecule has 1 aromatic carbocycles. The highest BCUT2D eigenvalue weighted by molar-refractivity contribution is 9.10. The monoisotopic (exact) mass is 321 g/mol. The number of nitrogens with one attached hydrogen (secondary N) is 1. The Bertz CT molecular complexity index is 462. The van der Waals surface area contributed by atoms with Gasteiger partial charge >= 0.3 is 0 Å². The standard InChI is InChI=1S/C16H21BrN2/c1-2-3-4-16(19-12-11-18-13-19)10-7-14-5-8-15(17)9-6-14/h5-6,8-9,11-13,16H,2-4,7,10H2,1H3/p+1. The van der Waals surface area contributed by atoms with Crippen molar-refractivity contribution in [3.05, 3.63) is 53.0 Å². The lowest BCUT2D eigenvalue weighted by atomic mass is 10.0. The summed E-state index contributed by atoms with van der Waals surface area (Å²) in [4.78, 5) is 3.15. The maximum atomic E-state index is 3.48. The SMILES string of the molecule is CCCCC(CCc1ccc(Br)cc1)[n+]1cc[nH]c1. The van der Waals surface area contributed by atoms with Crippen LogP contribution in [-0.2, 0) is 6.42 Å². The maximum Gasteiger partial charge on any atom is 0.241 e. The molecule has 0 fully saturated rings. The lowest BCUT2D eigenvalue weighted by molar-refractivity contribution is -0.723. The number of halogens is 1. The number of aromatic amines is 1. The van der Waals surface area contributed by atoms with Crippen LogP contribution >= 0.6 is 15.9 Å². The number of hydrogen-bond donors (Lipinski definition) is 1. The Morgan fingerprint density at radius 3 is 2.63 bits per heavy atom. The van der Waals surface area contributed by atoms with Gasteiger partial charge in [0.05, 0.1) is 0 Å². The van der Waals surface area contributed by atoms with Gasteiger partial charge in [-0.3, -0.25) is 4.98 Å². The van der Waals surface area contributed by atoms with Gasteiger partial charge in [-0.2, -0.15) is 0 Å². The molecular weight excluding hydrogens is 300 g/mol. The van der Waals surface area contributed by atoms with Gasteiger partial charge in [-0.25, -0.2) is 4.57 Å². The zero-order valence-corrected chi connectivity index (χ0v) is 13.1. The average Bonchev–Trinajstić information content (AvgIpc) is 2.95. The van der Waals surface area contributed by atoms with Crippen LogP contribution in [0.2, 0.25) is 0 Å². The van der Waals surface area contributed by atoms with E-state index >= 15 is 0 Å². The minimum atomic E-state index is 0.606. The van der Waals surface area contributed by atoms with Crippen molar-refractivity contribution >= 4 is 15.9 Å². The fraction of sp³-hybridized carbons (Fsp3) is 0.438. The molecule has 0 saturated heterocycles. The first-order chi connectivity index (χ1) is 9.29. The molecule has 0 spiro atoms. The van der Waals surface area contributed by atoms with E-state index in [2.05, 4.69) is 69.2 Å². The van der Waals surface area contributed by atoms with Crippen molar-refractivity contribution in [2.45, 2.75) is 45.1 Å². The molecule has 2 rings (SSSR count). The summed E-state index contributed by atoms with van der Waals surface area (Å²) < 4.78 is 3.47. The van der Waals surface area contributed by atoms with Crippen LogP contribution in [0.4, 0.5) is 0 Å². The molecule has 0 saturated carbocycles. The van der Waals surface area contributed by atoms with E-state index in [9.17, 15) is 0 Å². The molecule has 1 aromatic heterocycles. The van der Waals surface area contributed by atoms with Crippen molar-refractivity contribution in [2.24, 2.45) is 0 Å². The predicted octanol–water partition coefficient (Wildman–Crippen LogP) is 4.43. The summed E-state index contributed by atoms with van der Waals surface area (Å²) in [6.07, 6.45) is 12.4. The summed E-state index contributed by atoms with van der Waals surface area (Å²) in [6.45, 7) is 2.26. The van der Waals surface area contributed by atoms with Crippen LogP contribution in [-0.4, -0.2) is 4.98 Å². The minimum absolute atomic E-state index is 0.606. The lowest BCUT2D eigenvalue weighted by Crippen LogP contribution is -2.37. The second-order valence-electron chi connectivity index (χ2n) is 5.02. The van der Waals surface area contributed by atoms with E-state index in [-0.39, 0.29) is 0 Å². The van der Waals surface area contributed by atoms with Gasteiger partial charge < -0.3 is 0 Å². The Kier molecular flexibility index (Phi) is 5.64. The van der Waals surface area contributed by atoms with E-state index in [1.165, 1.54) is 31.2 Å². The Labute approximate surface area is 124 Å². The van der Waals surface area contributed by atoms with Crippen molar-refractivity contribution in [3.63, 3.8) is 0 Å². The third-order valence-electron chi connectivity index (χ3n) is 3.56. The molecule has 102 valence electrons. The number of aryl methyl sites for hydroxylation is 1. The summed E-state index contributed by atoms with van der Waals surface area (Å²) in [6, 6.07) is 9.28. The molecule has 0 amide bonds. The number of imidazole rings is 1. The molecule has 0 aliphatic carbocycles. The van der Waals surface area contributed by atoms with E-state index in [1.54, 1.807) is 0 Å². The molecule has 0 aliphatic rings. The van der Waals surface area contributed by atoms with Crippen molar-refractivity contribution in [1.29, 1.82) is 0 Å². The summed E-state index contributed by atoms with van der Waals surface area (Å²) in [5.41, 5.74) is 1.42. The third-order valence-corrected chi connectivity index (χ3v) is 4.09. The van der Waals surface area contributed by atoms with Crippen LogP contribution in [0.25, 0.3) is 0 Å². The predicted molar refractivity (Wildman–Crippen MR) is 82.0 cm³/mol. The highest BCUT2D eigenvalue weighted by atomic mass is 79.9. The van der Waals surface area contributed by atoms with E-state index in [1.807, 2.05) is 6.20 Å². The first kappa shape index (κ1) is 14.3.